The van der Waals surface area contributed by atoms with Crippen LogP contribution < -0.4 is 0 Å². The molecule has 0 N–H and O–H groups in total. The van der Waals surface area contributed by atoms with Crippen molar-refractivity contribution in [1.29, 1.82) is 0 Å². The number of ketones is 1. The molecule has 1 amide bonds. The van der Waals surface area contributed by atoms with Gasteiger partial charge in [-0.2, -0.15) is 0 Å². The standard InChI is InChI=1S/C30H27NO4/c1-30(2)31(25(20-34-30)19-21-9-5-3-6-10-21)29(33)28(32)27-18-17-26(35-27)24-15-13-23(14-16-24)22-11-7-4-8-12-22/h3-18,25H,19-20H2,1-2H3. The summed E-state index contributed by atoms with van der Waals surface area (Å²) in [7, 11) is 0. The summed E-state index contributed by atoms with van der Waals surface area (Å²) >= 11 is 0. The third kappa shape index (κ3) is 4.68. The fourth-order valence-corrected chi connectivity index (χ4v) is 4.62. The number of furan rings is 1. The fourth-order valence-electron chi connectivity index (χ4n) is 4.62. The molecule has 1 aromatic heterocycles. The van der Waals surface area contributed by atoms with Crippen molar-refractivity contribution in [3.63, 3.8) is 0 Å². The minimum Gasteiger partial charge on any atom is -0.452 e. The number of Topliss-reactive ketones (excluding diaryl/α,β-unsaturated/α-hetero) is 1. The highest BCUT2D eigenvalue weighted by Gasteiger charge is 2.46. The lowest BCUT2D eigenvalue weighted by Gasteiger charge is -2.33. The molecule has 1 atom stereocenters. The third-order valence-electron chi connectivity index (χ3n) is 6.41. The Labute approximate surface area is 205 Å². The molecule has 1 saturated heterocycles. The molecule has 35 heavy (non-hydrogen) atoms. The topological polar surface area (TPSA) is 59.8 Å². The highest BCUT2D eigenvalue weighted by Crippen LogP contribution is 2.31. The number of carbonyl (C=O) groups is 2. The van der Waals surface area contributed by atoms with Crippen molar-refractivity contribution in [2.75, 3.05) is 6.61 Å². The van der Waals surface area contributed by atoms with Gasteiger partial charge in [0, 0.05) is 5.56 Å². The van der Waals surface area contributed by atoms with E-state index in [0.717, 1.165) is 22.3 Å². The van der Waals surface area contributed by atoms with Crippen LogP contribution in [0.2, 0.25) is 0 Å². The highest BCUT2D eigenvalue weighted by molar-refractivity contribution is 6.42. The molecular formula is C30H27NO4. The Balaban J connectivity index is 1.34. The zero-order valence-corrected chi connectivity index (χ0v) is 19.8. The predicted molar refractivity (Wildman–Crippen MR) is 135 cm³/mol. The van der Waals surface area contributed by atoms with Crippen molar-refractivity contribution >= 4 is 11.7 Å². The highest BCUT2D eigenvalue weighted by atomic mass is 16.5. The van der Waals surface area contributed by atoms with Gasteiger partial charge in [0.1, 0.15) is 11.5 Å². The summed E-state index contributed by atoms with van der Waals surface area (Å²) in [5.74, 6) is -0.723. The molecule has 176 valence electrons. The van der Waals surface area contributed by atoms with E-state index in [-0.39, 0.29) is 11.8 Å². The van der Waals surface area contributed by atoms with Crippen LogP contribution in [0.4, 0.5) is 0 Å². The molecule has 0 bridgehead atoms. The number of hydrogen-bond donors (Lipinski definition) is 0. The van der Waals surface area contributed by atoms with E-state index in [9.17, 15) is 9.59 Å². The maximum Gasteiger partial charge on any atom is 0.300 e. The third-order valence-corrected chi connectivity index (χ3v) is 6.41. The molecule has 0 spiro atoms. The maximum atomic E-state index is 13.3. The van der Waals surface area contributed by atoms with E-state index >= 15 is 0 Å². The monoisotopic (exact) mass is 465 g/mol. The summed E-state index contributed by atoms with van der Waals surface area (Å²) in [5, 5.41) is 0. The Hall–Kier alpha value is -3.96. The molecule has 2 heterocycles. The Bertz CT molecular complexity index is 1320. The molecule has 1 fully saturated rings. The number of benzene rings is 3. The number of nitrogens with zero attached hydrogens (tertiary/aromatic N) is 1. The minimum absolute atomic E-state index is 0.0262. The second-order valence-corrected chi connectivity index (χ2v) is 9.21. The molecule has 4 aromatic rings. The SMILES string of the molecule is CC1(C)OCC(Cc2ccccc2)N1C(=O)C(=O)c1ccc(-c2ccc(-c3ccccc3)cc2)o1. The molecule has 1 unspecified atom stereocenters. The van der Waals surface area contributed by atoms with Gasteiger partial charge in [0.05, 0.1) is 12.6 Å². The summed E-state index contributed by atoms with van der Waals surface area (Å²) < 4.78 is 11.7. The van der Waals surface area contributed by atoms with Gasteiger partial charge in [0.15, 0.2) is 5.76 Å². The first-order valence-corrected chi connectivity index (χ1v) is 11.7. The van der Waals surface area contributed by atoms with Crippen LogP contribution in [0.1, 0.15) is 30.0 Å². The van der Waals surface area contributed by atoms with Gasteiger partial charge in [-0.25, -0.2) is 0 Å². The number of rotatable bonds is 6. The molecule has 5 nitrogen and oxygen atoms in total. The number of amides is 1. The largest absolute Gasteiger partial charge is 0.452 e. The molecule has 0 saturated carbocycles. The van der Waals surface area contributed by atoms with Crippen LogP contribution in [0.3, 0.4) is 0 Å². The molecule has 3 aromatic carbocycles. The van der Waals surface area contributed by atoms with Crippen LogP contribution in [0.15, 0.2) is 101 Å². The van der Waals surface area contributed by atoms with Gasteiger partial charge >= 0.3 is 5.91 Å². The van der Waals surface area contributed by atoms with Gasteiger partial charge in [0.25, 0.3) is 5.78 Å². The number of carbonyl (C=O) groups excluding carboxylic acids is 2. The molecule has 5 rings (SSSR count). The number of ether oxygens (including phenoxy) is 1. The van der Waals surface area contributed by atoms with Crippen LogP contribution in [0.25, 0.3) is 22.5 Å². The van der Waals surface area contributed by atoms with Crippen LogP contribution in [0, 0.1) is 0 Å². The first-order chi connectivity index (χ1) is 16.9. The zero-order chi connectivity index (χ0) is 24.4. The average Bonchev–Trinajstić information content (AvgIpc) is 3.49. The van der Waals surface area contributed by atoms with Crippen molar-refractivity contribution in [2.24, 2.45) is 0 Å². The summed E-state index contributed by atoms with van der Waals surface area (Å²) in [4.78, 5) is 28.1. The average molecular weight is 466 g/mol. The summed E-state index contributed by atoms with van der Waals surface area (Å²) in [6, 6.07) is 31.0. The van der Waals surface area contributed by atoms with Crippen LogP contribution in [-0.2, 0) is 16.0 Å². The lowest BCUT2D eigenvalue weighted by molar-refractivity contribution is -0.141. The Morgan fingerprint density at radius 2 is 1.40 bits per heavy atom. The van der Waals surface area contributed by atoms with Gasteiger partial charge in [0.2, 0.25) is 0 Å². The normalized spacial score (nSPS) is 16.9. The number of hydrogen-bond acceptors (Lipinski definition) is 4. The first kappa shape index (κ1) is 22.8. The molecule has 1 aliphatic rings. The van der Waals surface area contributed by atoms with E-state index in [4.69, 9.17) is 9.15 Å². The second-order valence-electron chi connectivity index (χ2n) is 9.21. The zero-order valence-electron chi connectivity index (χ0n) is 19.8. The van der Waals surface area contributed by atoms with Gasteiger partial charge in [-0.3, -0.25) is 9.59 Å². The van der Waals surface area contributed by atoms with Crippen molar-refractivity contribution in [1.82, 2.24) is 4.90 Å². The van der Waals surface area contributed by atoms with Crippen molar-refractivity contribution < 1.29 is 18.7 Å². The van der Waals surface area contributed by atoms with E-state index in [1.54, 1.807) is 17.0 Å². The van der Waals surface area contributed by atoms with E-state index in [1.165, 1.54) is 0 Å². The van der Waals surface area contributed by atoms with Crippen molar-refractivity contribution in [3.8, 4) is 22.5 Å². The van der Waals surface area contributed by atoms with Crippen LogP contribution in [-0.4, -0.2) is 35.0 Å². The van der Waals surface area contributed by atoms with Gasteiger partial charge in [-0.15, -0.1) is 0 Å². The quantitative estimate of drug-likeness (QED) is 0.259. The van der Waals surface area contributed by atoms with Crippen LogP contribution in [0.5, 0.6) is 0 Å². The van der Waals surface area contributed by atoms with E-state index in [1.807, 2.05) is 86.6 Å². The maximum absolute atomic E-state index is 13.3. The lowest BCUT2D eigenvalue weighted by atomic mass is 10.0. The molecular weight excluding hydrogens is 438 g/mol. The van der Waals surface area contributed by atoms with E-state index in [0.29, 0.717) is 18.8 Å². The van der Waals surface area contributed by atoms with Gasteiger partial charge in [-0.05, 0) is 49.1 Å². The first-order valence-electron chi connectivity index (χ1n) is 11.7. The minimum atomic E-state index is -0.880. The summed E-state index contributed by atoms with van der Waals surface area (Å²) in [5.41, 5.74) is 3.26. The lowest BCUT2D eigenvalue weighted by Crippen LogP contribution is -2.51. The van der Waals surface area contributed by atoms with Gasteiger partial charge < -0.3 is 14.1 Å². The summed E-state index contributed by atoms with van der Waals surface area (Å²) in [6.45, 7) is 3.99. The second kappa shape index (κ2) is 9.35. The summed E-state index contributed by atoms with van der Waals surface area (Å²) in [6.07, 6.45) is 0.612. The molecule has 0 aliphatic carbocycles. The Morgan fingerprint density at radius 3 is 2.09 bits per heavy atom. The van der Waals surface area contributed by atoms with Crippen LogP contribution >= 0.6 is 0 Å². The predicted octanol–water partition coefficient (Wildman–Crippen LogP) is 6.00. The van der Waals surface area contributed by atoms with E-state index in [2.05, 4.69) is 12.1 Å². The van der Waals surface area contributed by atoms with Crippen molar-refractivity contribution in [3.05, 3.63) is 108 Å². The molecule has 5 heteroatoms. The Morgan fingerprint density at radius 1 is 0.800 bits per heavy atom. The Kier molecular flexibility index (Phi) is 6.10. The smallest absolute Gasteiger partial charge is 0.300 e. The van der Waals surface area contributed by atoms with Gasteiger partial charge in [-0.1, -0.05) is 84.9 Å². The molecule has 0 radical (unpaired) electrons. The van der Waals surface area contributed by atoms with E-state index < -0.39 is 17.4 Å². The molecule has 1 aliphatic heterocycles. The fraction of sp³-hybridized carbons (Fsp3) is 0.200. The van der Waals surface area contributed by atoms with Crippen molar-refractivity contribution in [2.45, 2.75) is 32.0 Å².